The molecule has 13 heavy (non-hydrogen) atoms. The van der Waals surface area contributed by atoms with E-state index in [4.69, 9.17) is 4.74 Å². The summed E-state index contributed by atoms with van der Waals surface area (Å²) < 4.78 is 5.56. The Bertz CT molecular complexity index is 189. The van der Waals surface area contributed by atoms with Gasteiger partial charge in [-0.3, -0.25) is 0 Å². The molecule has 1 aliphatic heterocycles. The zero-order valence-electron chi connectivity index (χ0n) is 8.27. The van der Waals surface area contributed by atoms with Crippen LogP contribution in [0.15, 0.2) is 17.3 Å². The first-order valence-corrected chi connectivity index (χ1v) is 4.83. The van der Waals surface area contributed by atoms with Crippen LogP contribution in [0.5, 0.6) is 0 Å². The molecular formula is C10H17NO2. The molecule has 1 rings (SSSR count). The van der Waals surface area contributed by atoms with E-state index in [1.165, 1.54) is 0 Å². The van der Waals surface area contributed by atoms with Crippen molar-refractivity contribution < 1.29 is 4.74 Å². The molecule has 0 aromatic rings. The van der Waals surface area contributed by atoms with Crippen molar-refractivity contribution in [1.29, 1.82) is 0 Å². The van der Waals surface area contributed by atoms with Crippen LogP contribution in [0.1, 0.15) is 26.7 Å². The first-order valence-electron chi connectivity index (χ1n) is 4.83. The van der Waals surface area contributed by atoms with E-state index in [-0.39, 0.29) is 12.1 Å². The minimum atomic E-state index is -0.189. The number of hydrogen-bond acceptors (Lipinski definition) is 3. The van der Waals surface area contributed by atoms with Crippen LogP contribution >= 0.6 is 0 Å². The van der Waals surface area contributed by atoms with Gasteiger partial charge in [0, 0.05) is 6.42 Å². The Balaban J connectivity index is 2.44. The number of nitroso groups, excluding NO2 is 1. The first-order chi connectivity index (χ1) is 6.22. The van der Waals surface area contributed by atoms with E-state index in [2.05, 4.69) is 19.0 Å². The molecule has 0 N–H and O–H groups in total. The smallest absolute Gasteiger partial charge is 0.113 e. The van der Waals surface area contributed by atoms with Crippen LogP contribution in [0.3, 0.4) is 0 Å². The second-order valence-corrected chi connectivity index (χ2v) is 3.92. The van der Waals surface area contributed by atoms with Crippen LogP contribution in [0.2, 0.25) is 0 Å². The maximum absolute atomic E-state index is 10.4. The standard InChI is InChI=1S/C10H17NO2/c1-8(2)6-10-7-9(11-12)4-3-5-13-10/h3-4,8-10H,5-7H2,1-2H3. The maximum Gasteiger partial charge on any atom is 0.113 e. The van der Waals surface area contributed by atoms with Gasteiger partial charge in [0.25, 0.3) is 0 Å². The fourth-order valence-corrected chi connectivity index (χ4v) is 1.59. The molecule has 0 saturated heterocycles. The molecule has 3 nitrogen and oxygen atoms in total. The monoisotopic (exact) mass is 183 g/mol. The second kappa shape index (κ2) is 5.12. The summed E-state index contributed by atoms with van der Waals surface area (Å²) >= 11 is 0. The summed E-state index contributed by atoms with van der Waals surface area (Å²) in [5.41, 5.74) is 0. The predicted octanol–water partition coefficient (Wildman–Crippen LogP) is 2.51. The molecular weight excluding hydrogens is 166 g/mol. The van der Waals surface area contributed by atoms with E-state index >= 15 is 0 Å². The number of ether oxygens (including phenoxy) is 1. The third-order valence-electron chi connectivity index (χ3n) is 2.16. The summed E-state index contributed by atoms with van der Waals surface area (Å²) in [6, 6.07) is -0.189. The average Bonchev–Trinajstić information content (AvgIpc) is 2.28. The van der Waals surface area contributed by atoms with Crippen molar-refractivity contribution in [3.05, 3.63) is 17.1 Å². The summed E-state index contributed by atoms with van der Waals surface area (Å²) in [6.45, 7) is 4.93. The van der Waals surface area contributed by atoms with Gasteiger partial charge in [0.2, 0.25) is 0 Å². The topological polar surface area (TPSA) is 38.7 Å². The Morgan fingerprint density at radius 2 is 2.38 bits per heavy atom. The van der Waals surface area contributed by atoms with Crippen molar-refractivity contribution in [2.24, 2.45) is 11.1 Å². The van der Waals surface area contributed by atoms with E-state index in [1.807, 2.05) is 12.2 Å². The van der Waals surface area contributed by atoms with Crippen LogP contribution in [-0.4, -0.2) is 18.8 Å². The van der Waals surface area contributed by atoms with Crippen molar-refractivity contribution in [2.75, 3.05) is 6.61 Å². The highest BCUT2D eigenvalue weighted by atomic mass is 16.5. The van der Waals surface area contributed by atoms with E-state index in [1.54, 1.807) is 0 Å². The summed E-state index contributed by atoms with van der Waals surface area (Å²) in [6.07, 6.45) is 5.66. The van der Waals surface area contributed by atoms with E-state index in [9.17, 15) is 4.91 Å². The van der Waals surface area contributed by atoms with Gasteiger partial charge in [-0.1, -0.05) is 31.2 Å². The van der Waals surface area contributed by atoms with Gasteiger partial charge < -0.3 is 4.74 Å². The molecule has 2 atom stereocenters. The van der Waals surface area contributed by atoms with Gasteiger partial charge in [0.15, 0.2) is 0 Å². The summed E-state index contributed by atoms with van der Waals surface area (Å²) in [4.78, 5) is 10.4. The molecule has 0 aromatic carbocycles. The predicted molar refractivity (Wildman–Crippen MR) is 52.5 cm³/mol. The van der Waals surface area contributed by atoms with Crippen molar-refractivity contribution in [1.82, 2.24) is 0 Å². The lowest BCUT2D eigenvalue weighted by Gasteiger charge is -2.17. The molecule has 0 radical (unpaired) electrons. The zero-order chi connectivity index (χ0) is 9.68. The lowest BCUT2D eigenvalue weighted by molar-refractivity contribution is 0.0546. The Hall–Kier alpha value is -0.700. The highest BCUT2D eigenvalue weighted by Gasteiger charge is 2.18. The van der Waals surface area contributed by atoms with Gasteiger partial charge >= 0.3 is 0 Å². The minimum Gasteiger partial charge on any atom is -0.374 e. The van der Waals surface area contributed by atoms with Crippen LogP contribution in [-0.2, 0) is 4.74 Å². The van der Waals surface area contributed by atoms with Crippen molar-refractivity contribution in [2.45, 2.75) is 38.8 Å². The first kappa shape index (κ1) is 10.4. The third-order valence-corrected chi connectivity index (χ3v) is 2.16. The summed E-state index contributed by atoms with van der Waals surface area (Å²) in [5, 5.41) is 3.05. The number of rotatable bonds is 3. The molecule has 0 saturated carbocycles. The molecule has 1 aliphatic rings. The van der Waals surface area contributed by atoms with Crippen LogP contribution < -0.4 is 0 Å². The molecule has 74 valence electrons. The molecule has 0 aliphatic carbocycles. The maximum atomic E-state index is 10.4. The van der Waals surface area contributed by atoms with Gasteiger partial charge in [-0.05, 0) is 12.3 Å². The quantitative estimate of drug-likeness (QED) is 0.498. The molecule has 0 aromatic heterocycles. The van der Waals surface area contributed by atoms with E-state index < -0.39 is 0 Å². The summed E-state index contributed by atoms with van der Waals surface area (Å²) in [7, 11) is 0. The van der Waals surface area contributed by atoms with Gasteiger partial charge in [-0.15, -0.1) is 0 Å². The normalized spacial score (nSPS) is 28.8. The van der Waals surface area contributed by atoms with Gasteiger partial charge in [0.1, 0.15) is 6.04 Å². The minimum absolute atomic E-state index is 0.189. The molecule has 0 bridgehead atoms. The van der Waals surface area contributed by atoms with Crippen LogP contribution in [0.25, 0.3) is 0 Å². The van der Waals surface area contributed by atoms with Crippen molar-refractivity contribution in [3.63, 3.8) is 0 Å². The Kier molecular flexibility index (Phi) is 4.09. The summed E-state index contributed by atoms with van der Waals surface area (Å²) in [5.74, 6) is 0.607. The largest absolute Gasteiger partial charge is 0.374 e. The zero-order valence-corrected chi connectivity index (χ0v) is 8.27. The number of nitrogens with zero attached hydrogens (tertiary/aromatic N) is 1. The van der Waals surface area contributed by atoms with Crippen LogP contribution in [0.4, 0.5) is 0 Å². The molecule has 0 spiro atoms. The molecule has 0 amide bonds. The molecule has 0 fully saturated rings. The second-order valence-electron chi connectivity index (χ2n) is 3.92. The fourth-order valence-electron chi connectivity index (χ4n) is 1.59. The Labute approximate surface area is 79.1 Å². The van der Waals surface area contributed by atoms with Gasteiger partial charge in [0.05, 0.1) is 12.7 Å². The fraction of sp³-hybridized carbons (Fsp3) is 0.800. The molecule has 1 heterocycles. The van der Waals surface area contributed by atoms with E-state index in [0.717, 1.165) is 12.8 Å². The van der Waals surface area contributed by atoms with Crippen molar-refractivity contribution >= 4 is 0 Å². The van der Waals surface area contributed by atoms with Crippen molar-refractivity contribution in [3.8, 4) is 0 Å². The van der Waals surface area contributed by atoms with Gasteiger partial charge in [-0.25, -0.2) is 0 Å². The highest BCUT2D eigenvalue weighted by Crippen LogP contribution is 2.18. The average molecular weight is 183 g/mol. The van der Waals surface area contributed by atoms with Gasteiger partial charge in [-0.2, -0.15) is 4.91 Å². The molecule has 3 heteroatoms. The van der Waals surface area contributed by atoms with E-state index in [0.29, 0.717) is 12.5 Å². The molecule has 2 unspecified atom stereocenters. The highest BCUT2D eigenvalue weighted by molar-refractivity contribution is 4.97. The lowest BCUT2D eigenvalue weighted by atomic mass is 10.0. The number of hydrogen-bond donors (Lipinski definition) is 0. The SMILES string of the molecule is CC(C)CC1CC(N=O)C=CCO1. The third kappa shape index (κ3) is 3.68. The van der Waals surface area contributed by atoms with Crippen LogP contribution in [0, 0.1) is 10.8 Å². The Morgan fingerprint density at radius 3 is 3.00 bits per heavy atom. The Morgan fingerprint density at radius 1 is 1.62 bits per heavy atom. The lowest BCUT2D eigenvalue weighted by Crippen LogP contribution is -2.18.